The summed E-state index contributed by atoms with van der Waals surface area (Å²) in [5, 5.41) is 1.15. The number of nitrogens with zero attached hydrogens (tertiary/aromatic N) is 5. The number of nitrogen functional groups attached to an aromatic ring is 1. The minimum atomic E-state index is -1.28. The van der Waals surface area contributed by atoms with E-state index in [-0.39, 0.29) is 11.4 Å². The maximum Gasteiger partial charge on any atom is 0.344 e. The van der Waals surface area contributed by atoms with Gasteiger partial charge in [0.1, 0.15) is 17.6 Å². The number of carbonyl (C=O) groups excluding carboxylic acids is 1. The number of amides is 1. The van der Waals surface area contributed by atoms with Crippen molar-refractivity contribution in [1.29, 1.82) is 0 Å². The first-order valence-electron chi connectivity index (χ1n) is 12.8. The molecule has 0 radical (unpaired) electrons. The van der Waals surface area contributed by atoms with Gasteiger partial charge in [-0.3, -0.25) is 4.79 Å². The summed E-state index contributed by atoms with van der Waals surface area (Å²) in [4.78, 5) is 27.2. The number of aromatic nitrogens is 3. The molecule has 3 heterocycles. The topological polar surface area (TPSA) is 103 Å². The minimum Gasteiger partial charge on any atom is -0.609 e. The Balaban J connectivity index is 1.31. The number of hydrogen-bond donors (Lipinski definition) is 1. The van der Waals surface area contributed by atoms with Gasteiger partial charge in [-0.25, -0.2) is 0 Å². The molecule has 1 amide bonds. The Kier molecular flexibility index (Phi) is 5.77. The summed E-state index contributed by atoms with van der Waals surface area (Å²) in [7, 11) is 4.07. The predicted molar refractivity (Wildman–Crippen MR) is 141 cm³/mol. The third-order valence-corrected chi connectivity index (χ3v) is 9.34. The van der Waals surface area contributed by atoms with Crippen molar-refractivity contribution in [2.75, 3.05) is 45.7 Å². The van der Waals surface area contributed by atoms with Crippen molar-refractivity contribution >= 4 is 33.8 Å². The third-order valence-electron chi connectivity index (χ3n) is 8.63. The average molecular weight is 507 g/mol. The van der Waals surface area contributed by atoms with E-state index in [2.05, 4.69) is 38.6 Å². The van der Waals surface area contributed by atoms with E-state index in [1.165, 1.54) is 5.56 Å². The molecule has 0 spiro atoms. The Hall–Kier alpha value is -2.62. The second-order valence-corrected chi connectivity index (χ2v) is 12.5. The molecule has 2 N–H and O–H groups in total. The van der Waals surface area contributed by atoms with Crippen LogP contribution in [-0.4, -0.2) is 74.8 Å². The molecule has 7 rings (SSSR count). The number of carbonyl (C=O) groups is 1. The highest BCUT2D eigenvalue weighted by molar-refractivity contribution is 7.90. The zero-order valence-corrected chi connectivity index (χ0v) is 22.0. The largest absolute Gasteiger partial charge is 0.609 e. The lowest BCUT2D eigenvalue weighted by Crippen LogP contribution is -2.60. The van der Waals surface area contributed by atoms with Crippen molar-refractivity contribution in [3.05, 3.63) is 47.8 Å². The van der Waals surface area contributed by atoms with Crippen LogP contribution >= 0.6 is 0 Å². The molecule has 190 valence electrons. The van der Waals surface area contributed by atoms with Gasteiger partial charge in [-0.2, -0.15) is 9.97 Å². The number of fused-ring (bicyclic) bond motifs is 1. The van der Waals surface area contributed by atoms with Crippen LogP contribution < -0.4 is 5.73 Å². The van der Waals surface area contributed by atoms with Crippen molar-refractivity contribution in [1.82, 2.24) is 24.3 Å². The monoisotopic (exact) mass is 506 g/mol. The van der Waals surface area contributed by atoms with Gasteiger partial charge in [0.05, 0.1) is 0 Å². The van der Waals surface area contributed by atoms with Crippen LogP contribution in [0.25, 0.3) is 11.0 Å². The molecule has 4 aliphatic rings. The van der Waals surface area contributed by atoms with E-state index in [9.17, 15) is 9.35 Å². The number of piperidine rings is 1. The molecular weight excluding hydrogens is 472 g/mol. The lowest BCUT2D eigenvalue weighted by Gasteiger charge is -2.62. The van der Waals surface area contributed by atoms with Gasteiger partial charge in [0.15, 0.2) is 0 Å². The van der Waals surface area contributed by atoms with Gasteiger partial charge >= 0.3 is 5.16 Å². The first-order chi connectivity index (χ1) is 17.2. The average Bonchev–Trinajstić information content (AvgIpc) is 3.16. The predicted octanol–water partition coefficient (Wildman–Crippen LogP) is 3.07. The first-order valence-corrected chi connectivity index (χ1v) is 14.3. The second-order valence-electron chi connectivity index (χ2n) is 11.2. The van der Waals surface area contributed by atoms with Crippen LogP contribution in [0.3, 0.4) is 0 Å². The van der Waals surface area contributed by atoms with Crippen molar-refractivity contribution in [2.45, 2.75) is 42.3 Å². The van der Waals surface area contributed by atoms with Gasteiger partial charge in [0, 0.05) is 54.1 Å². The van der Waals surface area contributed by atoms with E-state index in [1.54, 1.807) is 12.5 Å². The van der Waals surface area contributed by atoms with Crippen molar-refractivity contribution < 1.29 is 9.35 Å². The fourth-order valence-corrected chi connectivity index (χ4v) is 7.08. The molecule has 3 atom stereocenters. The molecule has 1 saturated heterocycles. The fraction of sp³-hybridized carbons (Fsp3) is 0.519. The molecule has 9 heteroatoms. The molecule has 2 aromatic heterocycles. The molecule has 1 aromatic carbocycles. The van der Waals surface area contributed by atoms with Crippen LogP contribution in [0.1, 0.15) is 47.7 Å². The number of hydrogen-bond acceptors (Lipinski definition) is 6. The zero-order chi connectivity index (χ0) is 25.2. The standard InChI is InChI=1S/C27H34N6O2S/c1-31-9-8-22(18-4-6-21(28)7-5-18)20(15-31)16-32(2)25(34)23-10-19-14-29-26(36(3)35)30-24(19)33(23)27-11-17(12-27)13-27/h4-7,10,14,17,20,22H,8-9,11-13,15-16,28H2,1-3H3. The van der Waals surface area contributed by atoms with E-state index < -0.39 is 11.2 Å². The first kappa shape index (κ1) is 23.8. The minimum absolute atomic E-state index is 0.0150. The number of likely N-dealkylation sites (tertiary alicyclic amines) is 1. The van der Waals surface area contributed by atoms with E-state index in [4.69, 9.17) is 5.73 Å². The Morgan fingerprint density at radius 1 is 1.28 bits per heavy atom. The summed E-state index contributed by atoms with van der Waals surface area (Å²) in [5.74, 6) is 1.47. The van der Waals surface area contributed by atoms with Crippen LogP contribution in [0.15, 0.2) is 41.7 Å². The van der Waals surface area contributed by atoms with E-state index >= 15 is 0 Å². The van der Waals surface area contributed by atoms with Gasteiger partial charge in [-0.1, -0.05) is 12.1 Å². The number of nitrogens with two attached hydrogens (primary N) is 1. The molecule has 2 bridgehead atoms. The lowest BCUT2D eigenvalue weighted by atomic mass is 9.49. The Labute approximate surface area is 215 Å². The van der Waals surface area contributed by atoms with E-state index in [0.29, 0.717) is 29.2 Å². The molecule has 3 saturated carbocycles. The molecule has 8 nitrogen and oxygen atoms in total. The molecule has 3 aliphatic carbocycles. The van der Waals surface area contributed by atoms with Crippen molar-refractivity contribution in [3.8, 4) is 0 Å². The summed E-state index contributed by atoms with van der Waals surface area (Å²) < 4.78 is 14.3. The van der Waals surface area contributed by atoms with Gasteiger partial charge in [0.25, 0.3) is 5.91 Å². The van der Waals surface area contributed by atoms with Crippen LogP contribution in [0.5, 0.6) is 0 Å². The summed E-state index contributed by atoms with van der Waals surface area (Å²) >= 11 is -1.28. The SMILES string of the molecule is CN1CCC(c2ccc(N)cc2)C(CN(C)C(=O)c2cc3cnc([S+](C)[O-])nc3n2C23CC(C2)C3)C1. The van der Waals surface area contributed by atoms with E-state index in [0.717, 1.165) is 61.4 Å². The van der Waals surface area contributed by atoms with E-state index in [1.807, 2.05) is 30.1 Å². The lowest BCUT2D eigenvalue weighted by molar-refractivity contribution is -0.0871. The third kappa shape index (κ3) is 3.88. The Bertz CT molecular complexity index is 1290. The molecule has 3 aromatic rings. The second kappa shape index (κ2) is 8.75. The molecular formula is C27H34N6O2S. The van der Waals surface area contributed by atoms with Crippen LogP contribution in [0.2, 0.25) is 0 Å². The van der Waals surface area contributed by atoms with Gasteiger partial charge < -0.3 is 24.7 Å². The Morgan fingerprint density at radius 3 is 2.64 bits per heavy atom. The highest BCUT2D eigenvalue weighted by Crippen LogP contribution is 2.63. The van der Waals surface area contributed by atoms with Crippen molar-refractivity contribution in [3.63, 3.8) is 0 Å². The van der Waals surface area contributed by atoms with Crippen molar-refractivity contribution in [2.24, 2.45) is 11.8 Å². The van der Waals surface area contributed by atoms with Gasteiger partial charge in [-0.15, -0.1) is 0 Å². The molecule has 1 aliphatic heterocycles. The maximum atomic E-state index is 14.0. The number of anilines is 1. The summed E-state index contributed by atoms with van der Waals surface area (Å²) in [6.45, 7) is 2.66. The van der Waals surface area contributed by atoms with Crippen LogP contribution in [-0.2, 0) is 16.7 Å². The van der Waals surface area contributed by atoms with Crippen LogP contribution in [0.4, 0.5) is 5.69 Å². The summed E-state index contributed by atoms with van der Waals surface area (Å²) in [5.41, 5.74) is 9.38. The normalized spacial score (nSPS) is 28.4. The highest BCUT2D eigenvalue weighted by atomic mass is 32.2. The van der Waals surface area contributed by atoms with Gasteiger partial charge in [0.2, 0.25) is 0 Å². The van der Waals surface area contributed by atoms with Gasteiger partial charge in [-0.05, 0) is 80.8 Å². The summed E-state index contributed by atoms with van der Waals surface area (Å²) in [6.07, 6.45) is 7.62. The molecule has 36 heavy (non-hydrogen) atoms. The van der Waals surface area contributed by atoms with Crippen LogP contribution in [0, 0.1) is 11.8 Å². The smallest absolute Gasteiger partial charge is 0.344 e. The number of rotatable bonds is 6. The quantitative estimate of drug-likeness (QED) is 0.313. The molecule has 4 fully saturated rings. The summed E-state index contributed by atoms with van der Waals surface area (Å²) in [6, 6.07) is 10.1. The molecule has 3 unspecified atom stereocenters. The maximum absolute atomic E-state index is 14.0. The highest BCUT2D eigenvalue weighted by Gasteiger charge is 2.59. The number of benzene rings is 1. The Morgan fingerprint density at radius 2 is 2.00 bits per heavy atom. The zero-order valence-electron chi connectivity index (χ0n) is 21.2. The fourth-order valence-electron chi connectivity index (χ4n) is 6.67.